The average molecular weight is 532 g/mol. The number of β-amino-alcohol motifs (C(OH)–C–C–N with tert-alkyl or cyclic N) is 1. The van der Waals surface area contributed by atoms with Crippen molar-refractivity contribution < 1.29 is 15.0 Å². The number of hydrogen-bond donors (Lipinski definition) is 3. The third kappa shape index (κ3) is 4.92. The maximum Gasteiger partial charge on any atom is 0.244 e. The van der Waals surface area contributed by atoms with Gasteiger partial charge in [0.1, 0.15) is 5.75 Å². The lowest BCUT2D eigenvalue weighted by Crippen LogP contribution is -2.67. The van der Waals surface area contributed by atoms with Crippen LogP contribution in [0.15, 0.2) is 46.3 Å². The summed E-state index contributed by atoms with van der Waals surface area (Å²) in [4.78, 5) is 16.1. The molecule has 1 aromatic carbocycles. The molecule has 1 saturated heterocycles. The van der Waals surface area contributed by atoms with Gasteiger partial charge in [0.25, 0.3) is 0 Å². The maximum atomic E-state index is 12.7. The van der Waals surface area contributed by atoms with Crippen LogP contribution in [0.3, 0.4) is 0 Å². The number of nitrogens with zero attached hydrogens (tertiary/aromatic N) is 1. The van der Waals surface area contributed by atoms with Crippen molar-refractivity contribution in [3.63, 3.8) is 0 Å². The van der Waals surface area contributed by atoms with Crippen molar-refractivity contribution in [1.29, 1.82) is 0 Å². The fourth-order valence-electron chi connectivity index (χ4n) is 5.83. The molecule has 0 bridgehead atoms. The van der Waals surface area contributed by atoms with Crippen molar-refractivity contribution in [1.82, 2.24) is 10.2 Å². The van der Waals surface area contributed by atoms with Gasteiger partial charge in [0.05, 0.1) is 5.60 Å². The highest BCUT2D eigenvalue weighted by molar-refractivity contribution is 9.10. The van der Waals surface area contributed by atoms with Gasteiger partial charge in [0, 0.05) is 45.4 Å². The largest absolute Gasteiger partial charge is 0.508 e. The molecule has 2 aliphatic carbocycles. The number of phenolic OH excluding ortho intramolecular Hbond substituents is 1. The number of thiophene rings is 1. The van der Waals surface area contributed by atoms with Crippen LogP contribution in [-0.2, 0) is 10.2 Å². The first-order chi connectivity index (χ1) is 15.8. The average Bonchev–Trinajstić information content (AvgIpc) is 3.50. The lowest BCUT2D eigenvalue weighted by molar-refractivity contribution is -0.132. The molecule has 176 valence electrons. The number of aliphatic hydroxyl groups is 1. The van der Waals surface area contributed by atoms with E-state index < -0.39 is 11.0 Å². The maximum absolute atomic E-state index is 12.7. The van der Waals surface area contributed by atoms with E-state index in [0.717, 1.165) is 46.8 Å². The first-order valence-electron chi connectivity index (χ1n) is 11.8. The van der Waals surface area contributed by atoms with Crippen LogP contribution in [0.5, 0.6) is 5.75 Å². The Balaban J connectivity index is 1.35. The first-order valence-corrected chi connectivity index (χ1v) is 13.5. The third-order valence-corrected chi connectivity index (χ3v) is 9.34. The number of halogens is 1. The Labute approximate surface area is 207 Å². The number of amides is 1. The summed E-state index contributed by atoms with van der Waals surface area (Å²) in [5.41, 5.74) is -0.368. The molecule has 2 aromatic rings. The van der Waals surface area contributed by atoms with Crippen LogP contribution in [0, 0.1) is 5.92 Å². The number of likely N-dealkylation sites (tertiary alicyclic amines) is 1. The Morgan fingerprint density at radius 1 is 1.27 bits per heavy atom. The van der Waals surface area contributed by atoms with Crippen molar-refractivity contribution in [2.24, 2.45) is 5.92 Å². The van der Waals surface area contributed by atoms with E-state index in [1.807, 2.05) is 29.7 Å². The van der Waals surface area contributed by atoms with Crippen LogP contribution in [-0.4, -0.2) is 52.3 Å². The number of nitrogens with one attached hydrogen (secondary N) is 1. The van der Waals surface area contributed by atoms with Crippen LogP contribution in [0.1, 0.15) is 49.0 Å². The second-order valence-electron chi connectivity index (χ2n) is 10.0. The molecule has 2 heterocycles. The van der Waals surface area contributed by atoms with Crippen LogP contribution in [0.25, 0.3) is 6.08 Å². The summed E-state index contributed by atoms with van der Waals surface area (Å²) in [6, 6.07) is 9.34. The minimum atomic E-state index is -0.867. The molecule has 1 aromatic heterocycles. The van der Waals surface area contributed by atoms with Gasteiger partial charge in [-0.3, -0.25) is 4.79 Å². The van der Waals surface area contributed by atoms with E-state index in [1.54, 1.807) is 29.5 Å². The topological polar surface area (TPSA) is 72.8 Å². The van der Waals surface area contributed by atoms with Gasteiger partial charge in [-0.25, -0.2) is 0 Å². The molecule has 1 aliphatic heterocycles. The summed E-state index contributed by atoms with van der Waals surface area (Å²) in [7, 11) is 0. The highest BCUT2D eigenvalue weighted by atomic mass is 79.9. The molecule has 0 unspecified atom stereocenters. The fourth-order valence-corrected chi connectivity index (χ4v) is 7.17. The zero-order valence-electron chi connectivity index (χ0n) is 18.7. The minimum absolute atomic E-state index is 0.0187. The lowest BCUT2D eigenvalue weighted by Gasteiger charge is -2.58. The molecule has 3 atom stereocenters. The summed E-state index contributed by atoms with van der Waals surface area (Å²) in [5, 5.41) is 27.4. The molecule has 1 amide bonds. The Hall–Kier alpha value is -1.67. The van der Waals surface area contributed by atoms with Crippen molar-refractivity contribution in [3.8, 4) is 5.75 Å². The van der Waals surface area contributed by atoms with Gasteiger partial charge in [-0.05, 0) is 96.8 Å². The van der Waals surface area contributed by atoms with Crippen molar-refractivity contribution in [3.05, 3.63) is 56.7 Å². The number of rotatable bonds is 6. The van der Waals surface area contributed by atoms with E-state index in [2.05, 4.69) is 26.1 Å². The van der Waals surface area contributed by atoms with Crippen LogP contribution < -0.4 is 5.32 Å². The standard InChI is InChI=1S/C26H31BrN2O3S/c27-20-13-23(33-16-20)6-7-24(31)28-21-8-9-26(32)17-29(15-18-4-5-18)11-10-25(26,14-21)19-2-1-3-22(30)12-19/h1-3,6-7,12-13,16,18,21,30,32H,4-5,8-11,14-15,17H2,(H,28,31)/t21-,25-,26-/m0/s1. The Bertz CT molecular complexity index is 1050. The normalized spacial score (nSPS) is 30.3. The number of benzene rings is 1. The second-order valence-corrected chi connectivity index (χ2v) is 11.9. The number of piperidine rings is 1. The highest BCUT2D eigenvalue weighted by Crippen LogP contribution is 2.52. The number of phenols is 1. The smallest absolute Gasteiger partial charge is 0.244 e. The van der Waals surface area contributed by atoms with Gasteiger partial charge >= 0.3 is 0 Å². The van der Waals surface area contributed by atoms with Gasteiger partial charge in [0.15, 0.2) is 0 Å². The van der Waals surface area contributed by atoms with Crippen molar-refractivity contribution in [2.75, 3.05) is 19.6 Å². The quantitative estimate of drug-likeness (QED) is 0.474. The molecule has 0 radical (unpaired) electrons. The molecule has 5 rings (SSSR count). The number of aromatic hydroxyl groups is 1. The second kappa shape index (κ2) is 9.17. The number of carbonyl (C=O) groups excluding carboxylic acids is 1. The molecule has 33 heavy (non-hydrogen) atoms. The van der Waals surface area contributed by atoms with E-state index in [4.69, 9.17) is 0 Å². The molecular weight excluding hydrogens is 500 g/mol. The Kier molecular flexibility index (Phi) is 6.42. The minimum Gasteiger partial charge on any atom is -0.508 e. The van der Waals surface area contributed by atoms with Crippen LogP contribution in [0.2, 0.25) is 0 Å². The number of fused-ring (bicyclic) bond motifs is 1. The summed E-state index contributed by atoms with van der Waals surface area (Å²) < 4.78 is 1.01. The van der Waals surface area contributed by atoms with Gasteiger partial charge in [-0.15, -0.1) is 11.3 Å². The van der Waals surface area contributed by atoms with E-state index in [-0.39, 0.29) is 17.7 Å². The number of hydrogen-bond acceptors (Lipinski definition) is 5. The summed E-state index contributed by atoms with van der Waals surface area (Å²) in [6.07, 6.45) is 8.92. The molecule has 2 saturated carbocycles. The third-order valence-electron chi connectivity index (χ3n) is 7.68. The number of carbonyl (C=O) groups is 1. The molecule has 7 heteroatoms. The molecule has 3 N–H and O–H groups in total. The molecular formula is C26H31BrN2O3S. The van der Waals surface area contributed by atoms with Crippen LogP contribution >= 0.6 is 27.3 Å². The zero-order chi connectivity index (χ0) is 23.1. The van der Waals surface area contributed by atoms with Crippen molar-refractivity contribution in [2.45, 2.75) is 55.6 Å². The van der Waals surface area contributed by atoms with Crippen molar-refractivity contribution >= 4 is 39.2 Å². The SMILES string of the molecule is O=C(C=Cc1cc(Br)cs1)N[C@H]1CC[C@]2(O)CN(CC3CC3)CC[C@@]2(c2cccc(O)c2)C1. The van der Waals surface area contributed by atoms with Gasteiger partial charge in [-0.2, -0.15) is 0 Å². The lowest BCUT2D eigenvalue weighted by atomic mass is 9.55. The fraction of sp³-hybridized carbons (Fsp3) is 0.500. The first kappa shape index (κ1) is 23.1. The molecule has 0 spiro atoms. The van der Waals surface area contributed by atoms with Gasteiger partial charge in [-0.1, -0.05) is 12.1 Å². The zero-order valence-corrected chi connectivity index (χ0v) is 21.1. The van der Waals surface area contributed by atoms with Gasteiger partial charge in [0.2, 0.25) is 5.91 Å². The summed E-state index contributed by atoms with van der Waals surface area (Å²) in [6.45, 7) is 2.66. The predicted octanol–water partition coefficient (Wildman–Crippen LogP) is 4.68. The Morgan fingerprint density at radius 2 is 2.12 bits per heavy atom. The van der Waals surface area contributed by atoms with Crippen LogP contribution in [0.4, 0.5) is 0 Å². The Morgan fingerprint density at radius 3 is 2.85 bits per heavy atom. The van der Waals surface area contributed by atoms with E-state index in [9.17, 15) is 15.0 Å². The van der Waals surface area contributed by atoms with Gasteiger partial charge < -0.3 is 20.4 Å². The monoisotopic (exact) mass is 530 g/mol. The molecule has 5 nitrogen and oxygen atoms in total. The van der Waals surface area contributed by atoms with E-state index in [0.29, 0.717) is 19.4 Å². The highest BCUT2D eigenvalue weighted by Gasteiger charge is 2.57. The summed E-state index contributed by atoms with van der Waals surface area (Å²) in [5.74, 6) is 0.904. The van der Waals surface area contributed by atoms with E-state index in [1.165, 1.54) is 12.8 Å². The molecule has 3 fully saturated rings. The predicted molar refractivity (Wildman–Crippen MR) is 135 cm³/mol. The molecule has 3 aliphatic rings. The van der Waals surface area contributed by atoms with E-state index >= 15 is 0 Å². The summed E-state index contributed by atoms with van der Waals surface area (Å²) >= 11 is 5.02.